The van der Waals surface area contributed by atoms with E-state index in [0.717, 1.165) is 22.5 Å². The van der Waals surface area contributed by atoms with Gasteiger partial charge in [-0.25, -0.2) is 4.79 Å². The maximum Gasteiger partial charge on any atom is 0.511 e. The zero-order chi connectivity index (χ0) is 16.9. The third-order valence-corrected chi connectivity index (χ3v) is 3.48. The van der Waals surface area contributed by atoms with Crippen LogP contribution in [-0.2, 0) is 0 Å². The van der Waals surface area contributed by atoms with Crippen molar-refractivity contribution in [3.8, 4) is 16.9 Å². The molecule has 3 rings (SSSR count). The predicted molar refractivity (Wildman–Crippen MR) is 94.7 cm³/mol. The summed E-state index contributed by atoms with van der Waals surface area (Å²) in [7, 11) is 0. The van der Waals surface area contributed by atoms with E-state index in [1.165, 1.54) is 0 Å². The SMILES string of the molecule is Nc1ccc(-c2cccc(OC(=O)O)c2)cc1Nc1ccccc1. The first-order chi connectivity index (χ1) is 11.6. The van der Waals surface area contributed by atoms with E-state index in [2.05, 4.69) is 5.32 Å². The fraction of sp³-hybridized carbons (Fsp3) is 0. The van der Waals surface area contributed by atoms with Crippen molar-refractivity contribution < 1.29 is 14.6 Å². The van der Waals surface area contributed by atoms with Crippen molar-refractivity contribution >= 4 is 23.2 Å². The molecule has 0 heterocycles. The van der Waals surface area contributed by atoms with E-state index in [-0.39, 0.29) is 5.75 Å². The van der Waals surface area contributed by atoms with E-state index in [1.807, 2.05) is 54.6 Å². The third kappa shape index (κ3) is 3.64. The van der Waals surface area contributed by atoms with Gasteiger partial charge in [0.15, 0.2) is 0 Å². The molecule has 0 fully saturated rings. The highest BCUT2D eigenvalue weighted by Crippen LogP contribution is 2.31. The first-order valence-electron chi connectivity index (χ1n) is 7.34. The number of nitrogens with two attached hydrogens (primary N) is 1. The van der Waals surface area contributed by atoms with E-state index in [4.69, 9.17) is 15.6 Å². The smallest absolute Gasteiger partial charge is 0.449 e. The van der Waals surface area contributed by atoms with Crippen LogP contribution in [0.25, 0.3) is 11.1 Å². The normalized spacial score (nSPS) is 10.2. The second-order valence-corrected chi connectivity index (χ2v) is 5.19. The Bertz CT molecular complexity index is 863. The lowest BCUT2D eigenvalue weighted by molar-refractivity contribution is 0.144. The monoisotopic (exact) mass is 320 g/mol. The molecule has 0 saturated carbocycles. The van der Waals surface area contributed by atoms with Crippen LogP contribution in [0.1, 0.15) is 0 Å². The van der Waals surface area contributed by atoms with Crippen molar-refractivity contribution in [2.45, 2.75) is 0 Å². The maximum absolute atomic E-state index is 10.7. The molecule has 5 heteroatoms. The summed E-state index contributed by atoms with van der Waals surface area (Å²) in [6.45, 7) is 0. The molecule has 5 nitrogen and oxygen atoms in total. The Labute approximate surface area is 139 Å². The van der Waals surface area contributed by atoms with Gasteiger partial charge in [0.1, 0.15) is 5.75 Å². The summed E-state index contributed by atoms with van der Waals surface area (Å²) in [5, 5.41) is 12.0. The first kappa shape index (κ1) is 15.4. The molecule has 0 aliphatic heterocycles. The fourth-order valence-electron chi connectivity index (χ4n) is 2.36. The number of para-hydroxylation sites is 1. The molecule has 24 heavy (non-hydrogen) atoms. The van der Waals surface area contributed by atoms with Crippen LogP contribution in [0.15, 0.2) is 72.8 Å². The topological polar surface area (TPSA) is 84.6 Å². The fourth-order valence-corrected chi connectivity index (χ4v) is 2.36. The standard InChI is InChI=1S/C19H16N2O3/c20-17-10-9-14(12-18(17)21-15-6-2-1-3-7-15)13-5-4-8-16(11-13)24-19(22)23/h1-12,21H,20H2,(H,22,23). The zero-order valence-corrected chi connectivity index (χ0v) is 12.8. The van der Waals surface area contributed by atoms with Crippen molar-refractivity contribution in [1.29, 1.82) is 0 Å². The molecule has 0 aromatic heterocycles. The molecular weight excluding hydrogens is 304 g/mol. The number of carbonyl (C=O) groups is 1. The van der Waals surface area contributed by atoms with Gasteiger partial charge in [0, 0.05) is 5.69 Å². The molecule has 3 aromatic rings. The van der Waals surface area contributed by atoms with Crippen LogP contribution in [0.2, 0.25) is 0 Å². The molecule has 4 N–H and O–H groups in total. The number of benzene rings is 3. The van der Waals surface area contributed by atoms with Crippen molar-refractivity contribution in [3.05, 3.63) is 72.8 Å². The van der Waals surface area contributed by atoms with Crippen LogP contribution < -0.4 is 15.8 Å². The largest absolute Gasteiger partial charge is 0.511 e. The number of nitrogens with one attached hydrogen (secondary N) is 1. The van der Waals surface area contributed by atoms with E-state index in [9.17, 15) is 4.79 Å². The molecule has 0 spiro atoms. The van der Waals surface area contributed by atoms with Gasteiger partial charge in [0.25, 0.3) is 0 Å². The number of hydrogen-bond acceptors (Lipinski definition) is 4. The summed E-state index contributed by atoms with van der Waals surface area (Å²) in [6, 6.07) is 22.2. The summed E-state index contributed by atoms with van der Waals surface area (Å²) in [4.78, 5) is 10.7. The Morgan fingerprint density at radius 1 is 0.917 bits per heavy atom. The third-order valence-electron chi connectivity index (χ3n) is 3.48. The van der Waals surface area contributed by atoms with Crippen molar-refractivity contribution in [3.63, 3.8) is 0 Å². The molecule has 0 aliphatic rings. The van der Waals surface area contributed by atoms with Crippen LogP contribution in [-0.4, -0.2) is 11.3 Å². The molecule has 0 aliphatic carbocycles. The Hall–Kier alpha value is -3.47. The number of anilines is 3. The number of ether oxygens (including phenoxy) is 1. The molecule has 0 radical (unpaired) electrons. The Morgan fingerprint density at radius 2 is 1.67 bits per heavy atom. The number of nitrogen functional groups attached to an aromatic ring is 1. The summed E-state index contributed by atoms with van der Waals surface area (Å²) in [5.74, 6) is 0.273. The number of rotatable bonds is 4. The molecule has 0 saturated heterocycles. The highest BCUT2D eigenvalue weighted by molar-refractivity contribution is 5.79. The average Bonchev–Trinajstić information content (AvgIpc) is 2.57. The lowest BCUT2D eigenvalue weighted by Crippen LogP contribution is -2.02. The van der Waals surface area contributed by atoms with E-state index >= 15 is 0 Å². The summed E-state index contributed by atoms with van der Waals surface area (Å²) < 4.78 is 4.70. The first-order valence-corrected chi connectivity index (χ1v) is 7.34. The van der Waals surface area contributed by atoms with E-state index in [1.54, 1.807) is 18.2 Å². The van der Waals surface area contributed by atoms with Gasteiger partial charge >= 0.3 is 6.16 Å². The van der Waals surface area contributed by atoms with E-state index in [0.29, 0.717) is 5.69 Å². The predicted octanol–water partition coefficient (Wildman–Crippen LogP) is 4.74. The summed E-state index contributed by atoms with van der Waals surface area (Å²) in [6.07, 6.45) is -1.34. The average molecular weight is 320 g/mol. The van der Waals surface area contributed by atoms with Crippen LogP contribution in [0.5, 0.6) is 5.75 Å². The summed E-state index contributed by atoms with van der Waals surface area (Å²) in [5.41, 5.74) is 10.1. The van der Waals surface area contributed by atoms with Crippen molar-refractivity contribution in [1.82, 2.24) is 0 Å². The highest BCUT2D eigenvalue weighted by Gasteiger charge is 2.06. The highest BCUT2D eigenvalue weighted by atomic mass is 16.7. The van der Waals surface area contributed by atoms with Gasteiger partial charge in [-0.05, 0) is 47.5 Å². The lowest BCUT2D eigenvalue weighted by atomic mass is 10.0. The second kappa shape index (κ2) is 6.75. The van der Waals surface area contributed by atoms with Crippen LogP contribution in [0.4, 0.5) is 21.9 Å². The number of hydrogen-bond donors (Lipinski definition) is 3. The molecule has 0 atom stereocenters. The van der Waals surface area contributed by atoms with Gasteiger partial charge in [-0.1, -0.05) is 36.4 Å². The molecule has 3 aromatic carbocycles. The van der Waals surface area contributed by atoms with Gasteiger partial charge in [0.05, 0.1) is 11.4 Å². The molecule has 0 unspecified atom stereocenters. The van der Waals surface area contributed by atoms with Gasteiger partial charge in [-0.15, -0.1) is 0 Å². The molecular formula is C19H16N2O3. The quantitative estimate of drug-likeness (QED) is 0.367. The molecule has 120 valence electrons. The van der Waals surface area contributed by atoms with Gasteiger partial charge in [0.2, 0.25) is 0 Å². The van der Waals surface area contributed by atoms with Crippen LogP contribution in [0, 0.1) is 0 Å². The maximum atomic E-state index is 10.7. The Balaban J connectivity index is 1.92. The van der Waals surface area contributed by atoms with Gasteiger partial charge < -0.3 is 20.9 Å². The molecule has 0 amide bonds. The Kier molecular flexibility index (Phi) is 4.34. The minimum atomic E-state index is -1.34. The number of carboxylic acid groups (broad SMARTS) is 1. The van der Waals surface area contributed by atoms with Crippen molar-refractivity contribution in [2.75, 3.05) is 11.1 Å². The second-order valence-electron chi connectivity index (χ2n) is 5.19. The summed E-state index contributed by atoms with van der Waals surface area (Å²) >= 11 is 0. The van der Waals surface area contributed by atoms with Crippen LogP contribution >= 0.6 is 0 Å². The van der Waals surface area contributed by atoms with Crippen LogP contribution in [0.3, 0.4) is 0 Å². The molecule has 0 bridgehead atoms. The minimum Gasteiger partial charge on any atom is -0.449 e. The minimum absolute atomic E-state index is 0.273. The Morgan fingerprint density at radius 3 is 2.42 bits per heavy atom. The van der Waals surface area contributed by atoms with Gasteiger partial charge in [-0.2, -0.15) is 0 Å². The van der Waals surface area contributed by atoms with Crippen molar-refractivity contribution in [2.24, 2.45) is 0 Å². The zero-order valence-electron chi connectivity index (χ0n) is 12.8. The van der Waals surface area contributed by atoms with Gasteiger partial charge in [-0.3, -0.25) is 0 Å². The lowest BCUT2D eigenvalue weighted by Gasteiger charge is -2.12. The van der Waals surface area contributed by atoms with E-state index < -0.39 is 6.16 Å².